The maximum absolute atomic E-state index is 11.0. The summed E-state index contributed by atoms with van der Waals surface area (Å²) in [5, 5.41) is 49.5. The van der Waals surface area contributed by atoms with Crippen LogP contribution in [0.3, 0.4) is 0 Å². The van der Waals surface area contributed by atoms with Crippen molar-refractivity contribution in [2.45, 2.75) is 81.6 Å². The lowest BCUT2D eigenvalue weighted by Gasteiger charge is -2.43. The molecule has 0 amide bonds. The molecule has 12 heteroatoms. The van der Waals surface area contributed by atoms with Gasteiger partial charge in [-0.1, -0.05) is 6.08 Å². The Morgan fingerprint density at radius 1 is 1.25 bits per heavy atom. The Morgan fingerprint density at radius 2 is 1.82 bits per heavy atom. The van der Waals surface area contributed by atoms with Gasteiger partial charge in [-0.05, 0) is 33.6 Å². The van der Waals surface area contributed by atoms with Gasteiger partial charge in [-0.2, -0.15) is 8.42 Å². The van der Waals surface area contributed by atoms with Gasteiger partial charge >= 0.3 is 10.4 Å². The molecule has 1 fully saturated rings. The summed E-state index contributed by atoms with van der Waals surface area (Å²) in [7, 11) is -5.03. The Morgan fingerprint density at radius 3 is 2.25 bits per heavy atom. The first kappa shape index (κ1) is 25.4. The number of aliphatic hydroxyl groups excluding tert-OH is 4. The third-order valence-electron chi connectivity index (χ3n) is 4.60. The van der Waals surface area contributed by atoms with E-state index < -0.39 is 65.0 Å². The van der Waals surface area contributed by atoms with Crippen LogP contribution in [-0.2, 0) is 24.1 Å². The first-order chi connectivity index (χ1) is 12.6. The molecule has 0 unspecified atom stereocenters. The van der Waals surface area contributed by atoms with Crippen LogP contribution in [0.1, 0.15) is 33.6 Å². The molecule has 0 aromatic rings. The van der Waals surface area contributed by atoms with Crippen molar-refractivity contribution in [1.82, 2.24) is 0 Å². The van der Waals surface area contributed by atoms with E-state index in [9.17, 15) is 34.0 Å². The fourth-order valence-electron chi connectivity index (χ4n) is 2.66. The summed E-state index contributed by atoms with van der Waals surface area (Å²) in [6.45, 7) is 7.29. The van der Waals surface area contributed by atoms with Crippen molar-refractivity contribution in [3.8, 4) is 0 Å². The van der Waals surface area contributed by atoms with Gasteiger partial charge in [0.25, 0.3) is 0 Å². The van der Waals surface area contributed by atoms with E-state index in [1.165, 1.54) is 19.9 Å². The first-order valence-corrected chi connectivity index (χ1v) is 10.00. The summed E-state index contributed by atoms with van der Waals surface area (Å²) in [5.74, 6) is 0. The summed E-state index contributed by atoms with van der Waals surface area (Å²) in [6, 6.07) is 0. The van der Waals surface area contributed by atoms with Gasteiger partial charge in [0.1, 0.15) is 24.4 Å². The van der Waals surface area contributed by atoms with Crippen molar-refractivity contribution < 1.29 is 52.2 Å². The normalized spacial score (nSPS) is 32.5. The second-order valence-corrected chi connectivity index (χ2v) is 8.59. The number of aliphatic hydroxyl groups is 5. The van der Waals surface area contributed by atoms with Crippen molar-refractivity contribution in [3.63, 3.8) is 0 Å². The minimum Gasteiger partial charge on any atom is -0.394 e. The van der Waals surface area contributed by atoms with Gasteiger partial charge in [0.2, 0.25) is 0 Å². The van der Waals surface area contributed by atoms with Gasteiger partial charge in [0.05, 0.1) is 23.9 Å². The monoisotopic (exact) mass is 430 g/mol. The fourth-order valence-corrected chi connectivity index (χ4v) is 3.16. The maximum atomic E-state index is 11.0. The number of rotatable bonds is 10. The van der Waals surface area contributed by atoms with E-state index >= 15 is 0 Å². The predicted molar refractivity (Wildman–Crippen MR) is 95.4 cm³/mol. The van der Waals surface area contributed by atoms with Crippen LogP contribution in [0.15, 0.2) is 12.7 Å². The minimum atomic E-state index is -5.03. The highest BCUT2D eigenvalue weighted by Crippen LogP contribution is 2.31. The Hall–Kier alpha value is -0.670. The molecule has 0 aliphatic carbocycles. The summed E-state index contributed by atoms with van der Waals surface area (Å²) < 4.78 is 46.1. The highest BCUT2D eigenvalue weighted by molar-refractivity contribution is 7.80. The highest BCUT2D eigenvalue weighted by atomic mass is 32.3. The molecule has 0 spiro atoms. The standard InChI is InChI=1S/C16H30O11S/c1-5-16(4,7-6-10(18)15(2,3)21)26-14-12(20)13(27-28(22,23)24)11(19)9(8-17)25-14/h5,9-14,17-21H,1,6-8H2,2-4H3,(H,22,23,24)/t9-,10-,11-,12-,13+,14+,16-/m1/s1. The van der Waals surface area contributed by atoms with Crippen LogP contribution >= 0.6 is 0 Å². The summed E-state index contributed by atoms with van der Waals surface area (Å²) in [5.41, 5.74) is -2.56. The molecule has 0 aromatic heterocycles. The second kappa shape index (κ2) is 9.43. The molecule has 6 N–H and O–H groups in total. The highest BCUT2D eigenvalue weighted by Gasteiger charge is 2.49. The van der Waals surface area contributed by atoms with E-state index in [0.29, 0.717) is 0 Å². The maximum Gasteiger partial charge on any atom is 0.397 e. The van der Waals surface area contributed by atoms with E-state index in [4.69, 9.17) is 14.0 Å². The number of hydrogen-bond donors (Lipinski definition) is 6. The van der Waals surface area contributed by atoms with Crippen molar-refractivity contribution >= 4 is 10.4 Å². The quantitative estimate of drug-likeness (QED) is 0.175. The van der Waals surface area contributed by atoms with Crippen molar-refractivity contribution in [2.75, 3.05) is 6.61 Å². The number of ether oxygens (including phenoxy) is 2. The van der Waals surface area contributed by atoms with Crippen LogP contribution in [0.4, 0.5) is 0 Å². The van der Waals surface area contributed by atoms with Crippen LogP contribution < -0.4 is 0 Å². The van der Waals surface area contributed by atoms with Crippen molar-refractivity contribution in [2.24, 2.45) is 0 Å². The summed E-state index contributed by atoms with van der Waals surface area (Å²) >= 11 is 0. The van der Waals surface area contributed by atoms with Gasteiger partial charge in [0.15, 0.2) is 6.29 Å². The zero-order chi connectivity index (χ0) is 21.9. The molecule has 11 nitrogen and oxygen atoms in total. The third-order valence-corrected chi connectivity index (χ3v) is 5.07. The van der Waals surface area contributed by atoms with E-state index in [1.807, 2.05) is 0 Å². The molecular weight excluding hydrogens is 400 g/mol. The number of hydrogen-bond acceptors (Lipinski definition) is 10. The molecule has 0 bridgehead atoms. The third kappa shape index (κ3) is 6.99. The molecule has 1 rings (SSSR count). The molecule has 166 valence electrons. The molecular formula is C16H30O11S. The molecule has 1 saturated heterocycles. The van der Waals surface area contributed by atoms with Crippen LogP contribution in [-0.4, -0.2) is 93.1 Å². The molecule has 0 saturated carbocycles. The first-order valence-electron chi connectivity index (χ1n) is 8.63. The molecule has 0 aromatic carbocycles. The van der Waals surface area contributed by atoms with Crippen LogP contribution in [0.25, 0.3) is 0 Å². The fraction of sp³-hybridized carbons (Fsp3) is 0.875. The second-order valence-electron chi connectivity index (χ2n) is 7.54. The SMILES string of the molecule is C=C[C@](C)(CC[C@@H](O)C(C)(C)O)O[C@@H]1O[C@H](CO)[C@@H](O)[C@H](OS(=O)(=O)O)[C@H]1O. The lowest BCUT2D eigenvalue weighted by Crippen LogP contribution is -2.61. The van der Waals surface area contributed by atoms with Gasteiger partial charge in [0, 0.05) is 0 Å². The predicted octanol–water partition coefficient (Wildman–Crippen LogP) is -1.51. The molecule has 28 heavy (non-hydrogen) atoms. The van der Waals surface area contributed by atoms with Gasteiger partial charge in [-0.3, -0.25) is 4.55 Å². The lowest BCUT2D eigenvalue weighted by molar-refractivity contribution is -0.316. The van der Waals surface area contributed by atoms with Gasteiger partial charge in [-0.15, -0.1) is 6.58 Å². The average molecular weight is 430 g/mol. The zero-order valence-corrected chi connectivity index (χ0v) is 16.8. The van der Waals surface area contributed by atoms with Gasteiger partial charge < -0.3 is 35.0 Å². The molecule has 1 heterocycles. The summed E-state index contributed by atoms with van der Waals surface area (Å²) in [4.78, 5) is 0. The zero-order valence-electron chi connectivity index (χ0n) is 16.0. The van der Waals surface area contributed by atoms with E-state index in [1.54, 1.807) is 6.92 Å². The van der Waals surface area contributed by atoms with Crippen molar-refractivity contribution in [3.05, 3.63) is 12.7 Å². The molecule has 0 radical (unpaired) electrons. The smallest absolute Gasteiger partial charge is 0.394 e. The lowest BCUT2D eigenvalue weighted by atomic mass is 9.91. The minimum absolute atomic E-state index is 0.0891. The van der Waals surface area contributed by atoms with Crippen LogP contribution in [0, 0.1) is 0 Å². The van der Waals surface area contributed by atoms with E-state index in [2.05, 4.69) is 10.8 Å². The Balaban J connectivity index is 2.97. The van der Waals surface area contributed by atoms with E-state index in [-0.39, 0.29) is 12.8 Å². The summed E-state index contributed by atoms with van der Waals surface area (Å²) in [6.07, 6.45) is -7.91. The Labute approximate surface area is 164 Å². The topological polar surface area (TPSA) is 183 Å². The average Bonchev–Trinajstić information content (AvgIpc) is 2.57. The van der Waals surface area contributed by atoms with Gasteiger partial charge in [-0.25, -0.2) is 4.18 Å². The largest absolute Gasteiger partial charge is 0.397 e. The molecule has 1 aliphatic heterocycles. The Bertz CT molecular complexity index is 617. The van der Waals surface area contributed by atoms with Crippen LogP contribution in [0.2, 0.25) is 0 Å². The molecule has 7 atom stereocenters. The van der Waals surface area contributed by atoms with Crippen molar-refractivity contribution in [1.29, 1.82) is 0 Å². The molecule has 1 aliphatic rings. The van der Waals surface area contributed by atoms with E-state index in [0.717, 1.165) is 0 Å². The van der Waals surface area contributed by atoms with Crippen LogP contribution in [0.5, 0.6) is 0 Å². The Kier molecular flexibility index (Phi) is 8.54.